The molecule has 0 radical (unpaired) electrons. The Kier molecular flexibility index (Phi) is 8.10. The van der Waals surface area contributed by atoms with E-state index in [1.807, 2.05) is 24.3 Å². The first-order valence-electron chi connectivity index (χ1n) is 13.5. The zero-order chi connectivity index (χ0) is 28.9. The molecule has 4 aromatic carbocycles. The van der Waals surface area contributed by atoms with Crippen LogP contribution in [0, 0.1) is 17.0 Å². The molecule has 0 heterocycles. The summed E-state index contributed by atoms with van der Waals surface area (Å²) in [5, 5.41) is 14.0. The molecule has 41 heavy (non-hydrogen) atoms. The van der Waals surface area contributed by atoms with Gasteiger partial charge in [0, 0.05) is 23.2 Å². The summed E-state index contributed by atoms with van der Waals surface area (Å²) in [6, 6.07) is 28.1. The number of nitro benzene ring substituents is 1. The molecule has 1 aliphatic rings. The minimum absolute atomic E-state index is 0.0238. The monoisotopic (exact) mass is 550 g/mol. The molecule has 0 saturated heterocycles. The van der Waals surface area contributed by atoms with Gasteiger partial charge in [0.2, 0.25) is 0 Å². The van der Waals surface area contributed by atoms with Crippen LogP contribution in [0.2, 0.25) is 0 Å². The second kappa shape index (κ2) is 12.0. The van der Waals surface area contributed by atoms with Crippen LogP contribution in [-0.4, -0.2) is 30.2 Å². The van der Waals surface area contributed by atoms with Crippen molar-refractivity contribution < 1.29 is 24.0 Å². The molecule has 4 aromatic rings. The molecule has 5 rings (SSSR count). The zero-order valence-electron chi connectivity index (χ0n) is 22.8. The van der Waals surface area contributed by atoms with Crippen LogP contribution in [0.5, 0.6) is 0 Å². The van der Waals surface area contributed by atoms with Gasteiger partial charge in [0.15, 0.2) is 0 Å². The summed E-state index contributed by atoms with van der Waals surface area (Å²) in [5.74, 6) is -1.14. The minimum atomic E-state index is -0.667. The maximum Gasteiger partial charge on any atom is 0.411 e. The molecule has 1 atom stereocenters. The van der Waals surface area contributed by atoms with Gasteiger partial charge in [0.25, 0.3) is 5.69 Å². The Balaban J connectivity index is 1.30. The maximum absolute atomic E-state index is 13.0. The number of hydrogen-bond donors (Lipinski definition) is 1. The van der Waals surface area contributed by atoms with Crippen molar-refractivity contribution in [3.8, 4) is 11.1 Å². The van der Waals surface area contributed by atoms with E-state index < -0.39 is 22.9 Å². The number of anilines is 1. The van der Waals surface area contributed by atoms with Crippen LogP contribution in [0.15, 0.2) is 91.0 Å². The molecule has 0 aliphatic heterocycles. The number of nitro groups is 1. The molecule has 0 aromatic heterocycles. The third kappa shape index (κ3) is 5.96. The van der Waals surface area contributed by atoms with E-state index in [4.69, 9.17) is 9.47 Å². The summed E-state index contributed by atoms with van der Waals surface area (Å²) in [6.07, 6.45) is -0.311. The molecule has 8 heteroatoms. The first-order chi connectivity index (χ1) is 19.9. The van der Waals surface area contributed by atoms with Gasteiger partial charge in [-0.2, -0.15) is 0 Å². The van der Waals surface area contributed by atoms with Crippen LogP contribution >= 0.6 is 0 Å². The topological polar surface area (TPSA) is 108 Å². The molecular weight excluding hydrogens is 520 g/mol. The SMILES string of the molecule is CCOC(=O)C(Cc1ccc([N+](=O)[O-])c(C)c1)c1cccc(NC(=O)OCC2c3ccccc3-c3ccccc32)c1. The van der Waals surface area contributed by atoms with Crippen molar-refractivity contribution in [3.63, 3.8) is 0 Å². The van der Waals surface area contributed by atoms with Gasteiger partial charge in [0.1, 0.15) is 6.61 Å². The number of aryl methyl sites for hydroxylation is 1. The Labute approximate surface area is 238 Å². The predicted octanol–water partition coefficient (Wildman–Crippen LogP) is 7.15. The second-order valence-corrected chi connectivity index (χ2v) is 9.96. The lowest BCUT2D eigenvalue weighted by molar-refractivity contribution is -0.385. The molecule has 1 unspecified atom stereocenters. The van der Waals surface area contributed by atoms with Gasteiger partial charge in [-0.3, -0.25) is 20.2 Å². The van der Waals surface area contributed by atoms with Crippen molar-refractivity contribution >= 4 is 23.4 Å². The fraction of sp³-hybridized carbons (Fsp3) is 0.212. The number of nitrogens with zero attached hydrogens (tertiary/aromatic N) is 1. The lowest BCUT2D eigenvalue weighted by atomic mass is 9.91. The lowest BCUT2D eigenvalue weighted by Gasteiger charge is -2.18. The maximum atomic E-state index is 13.0. The van der Waals surface area contributed by atoms with Gasteiger partial charge in [-0.1, -0.05) is 66.7 Å². The highest BCUT2D eigenvalue weighted by molar-refractivity contribution is 5.86. The Morgan fingerprint density at radius 3 is 2.22 bits per heavy atom. The quantitative estimate of drug-likeness (QED) is 0.135. The summed E-state index contributed by atoms with van der Waals surface area (Å²) < 4.78 is 11.0. The molecule has 0 fully saturated rings. The Bertz CT molecular complexity index is 1570. The second-order valence-electron chi connectivity index (χ2n) is 9.96. The molecule has 1 aliphatic carbocycles. The van der Waals surface area contributed by atoms with Crippen LogP contribution in [0.3, 0.4) is 0 Å². The standard InChI is InChI=1S/C33H30N2O6/c1-3-40-32(36)29(18-22-15-16-31(35(38)39)21(2)17-22)23-9-8-10-24(19-23)34-33(37)41-20-30-27-13-6-4-11-25(27)26-12-5-7-14-28(26)30/h4-17,19,29-30H,3,18,20H2,1-2H3,(H,34,37). The van der Waals surface area contributed by atoms with Crippen LogP contribution in [-0.2, 0) is 20.7 Å². The van der Waals surface area contributed by atoms with E-state index in [1.165, 1.54) is 6.07 Å². The van der Waals surface area contributed by atoms with Gasteiger partial charge in [0.05, 0.1) is 17.4 Å². The number of esters is 1. The van der Waals surface area contributed by atoms with E-state index in [9.17, 15) is 19.7 Å². The van der Waals surface area contributed by atoms with Crippen molar-refractivity contribution in [1.29, 1.82) is 0 Å². The molecule has 1 N–H and O–H groups in total. The van der Waals surface area contributed by atoms with Crippen molar-refractivity contribution in [3.05, 3.63) is 129 Å². The van der Waals surface area contributed by atoms with Gasteiger partial charge < -0.3 is 9.47 Å². The number of rotatable bonds is 9. The third-order valence-corrected chi connectivity index (χ3v) is 7.35. The number of fused-ring (bicyclic) bond motifs is 3. The van der Waals surface area contributed by atoms with Gasteiger partial charge >= 0.3 is 12.1 Å². The molecule has 1 amide bonds. The number of hydrogen-bond acceptors (Lipinski definition) is 6. The number of nitrogens with one attached hydrogen (secondary N) is 1. The van der Waals surface area contributed by atoms with Crippen molar-refractivity contribution in [2.75, 3.05) is 18.5 Å². The normalized spacial score (nSPS) is 12.6. The lowest BCUT2D eigenvalue weighted by Crippen LogP contribution is -2.20. The number of amides is 1. The van der Waals surface area contributed by atoms with Crippen LogP contribution in [0.4, 0.5) is 16.2 Å². The zero-order valence-corrected chi connectivity index (χ0v) is 22.8. The van der Waals surface area contributed by atoms with Crippen molar-refractivity contribution in [2.45, 2.75) is 32.1 Å². The summed E-state index contributed by atoms with van der Waals surface area (Å²) in [6.45, 7) is 3.80. The largest absolute Gasteiger partial charge is 0.466 e. The first-order valence-corrected chi connectivity index (χ1v) is 13.5. The summed E-state index contributed by atoms with van der Waals surface area (Å²) in [5.41, 5.74) is 6.99. The molecule has 0 spiro atoms. The predicted molar refractivity (Wildman–Crippen MR) is 156 cm³/mol. The third-order valence-electron chi connectivity index (χ3n) is 7.35. The first kappa shape index (κ1) is 27.6. The highest BCUT2D eigenvalue weighted by Gasteiger charge is 2.29. The number of carbonyl (C=O) groups excluding carboxylic acids is 2. The summed E-state index contributed by atoms with van der Waals surface area (Å²) >= 11 is 0. The Morgan fingerprint density at radius 1 is 0.902 bits per heavy atom. The Hall–Kier alpha value is -4.98. The number of carbonyl (C=O) groups is 2. The smallest absolute Gasteiger partial charge is 0.411 e. The van der Waals surface area contributed by atoms with E-state index in [-0.39, 0.29) is 31.2 Å². The molecule has 0 bridgehead atoms. The van der Waals surface area contributed by atoms with Gasteiger partial charge in [-0.05, 0) is 71.8 Å². The average molecular weight is 551 g/mol. The highest BCUT2D eigenvalue weighted by atomic mass is 16.6. The van der Waals surface area contributed by atoms with Crippen molar-refractivity contribution in [2.24, 2.45) is 0 Å². The molecular formula is C33H30N2O6. The fourth-order valence-corrected chi connectivity index (χ4v) is 5.45. The fourth-order valence-electron chi connectivity index (χ4n) is 5.45. The molecule has 8 nitrogen and oxygen atoms in total. The highest BCUT2D eigenvalue weighted by Crippen LogP contribution is 2.44. The van der Waals surface area contributed by atoms with E-state index in [0.29, 0.717) is 16.8 Å². The van der Waals surface area contributed by atoms with Crippen LogP contribution < -0.4 is 5.32 Å². The van der Waals surface area contributed by atoms with Crippen LogP contribution in [0.1, 0.15) is 46.6 Å². The van der Waals surface area contributed by atoms with E-state index in [2.05, 4.69) is 29.6 Å². The van der Waals surface area contributed by atoms with E-state index in [0.717, 1.165) is 27.8 Å². The number of benzene rings is 4. The molecule has 208 valence electrons. The molecule has 0 saturated carbocycles. The van der Waals surface area contributed by atoms with Crippen molar-refractivity contribution in [1.82, 2.24) is 0 Å². The summed E-state index contributed by atoms with van der Waals surface area (Å²) in [4.78, 5) is 36.6. The van der Waals surface area contributed by atoms with E-state index in [1.54, 1.807) is 50.2 Å². The van der Waals surface area contributed by atoms with Crippen LogP contribution in [0.25, 0.3) is 11.1 Å². The average Bonchev–Trinajstić information content (AvgIpc) is 3.28. The minimum Gasteiger partial charge on any atom is -0.466 e. The van der Waals surface area contributed by atoms with Gasteiger partial charge in [-0.25, -0.2) is 4.79 Å². The van der Waals surface area contributed by atoms with E-state index >= 15 is 0 Å². The Morgan fingerprint density at radius 2 is 1.59 bits per heavy atom. The number of ether oxygens (including phenoxy) is 2. The summed E-state index contributed by atoms with van der Waals surface area (Å²) in [7, 11) is 0. The van der Waals surface area contributed by atoms with Gasteiger partial charge in [-0.15, -0.1) is 0 Å².